The van der Waals surface area contributed by atoms with Crippen LogP contribution in [0, 0.1) is 9.49 Å². The Bertz CT molecular complexity index is 501. The highest BCUT2D eigenvalue weighted by molar-refractivity contribution is 14.1. The van der Waals surface area contributed by atoms with E-state index in [1.54, 1.807) is 18.5 Å². The Hall–Kier alpha value is -1.38. The molecule has 0 aliphatic heterocycles. The second kappa shape index (κ2) is 6.87. The Morgan fingerprint density at radius 2 is 2.00 bits per heavy atom. The summed E-state index contributed by atoms with van der Waals surface area (Å²) in [7, 11) is 0. The number of halogens is 1. The van der Waals surface area contributed by atoms with Crippen LogP contribution in [0.4, 0.5) is 10.5 Å². The number of aromatic nitrogens is 1. The number of aliphatic carboxylic acids is 1. The van der Waals surface area contributed by atoms with Gasteiger partial charge in [0.15, 0.2) is 0 Å². The Balaban J connectivity index is 1.81. The quantitative estimate of drug-likeness (QED) is 0.693. The van der Waals surface area contributed by atoms with Crippen molar-refractivity contribution in [3.63, 3.8) is 0 Å². The molecule has 108 valence electrons. The van der Waals surface area contributed by atoms with Crippen molar-refractivity contribution in [3.05, 3.63) is 22.0 Å². The van der Waals surface area contributed by atoms with E-state index in [0.29, 0.717) is 25.7 Å². The first-order valence-electron chi connectivity index (χ1n) is 6.46. The van der Waals surface area contributed by atoms with Gasteiger partial charge in [-0.25, -0.2) is 4.79 Å². The molecule has 1 aromatic rings. The SMILES string of the molecule is O=C(Nc1ccncc1I)NC1CCC(C(=O)O)CC1. The fraction of sp³-hybridized carbons (Fsp3) is 0.462. The van der Waals surface area contributed by atoms with Crippen molar-refractivity contribution in [2.75, 3.05) is 5.32 Å². The number of hydrogen-bond acceptors (Lipinski definition) is 3. The number of rotatable bonds is 3. The van der Waals surface area contributed by atoms with E-state index in [-0.39, 0.29) is 18.0 Å². The molecule has 0 aromatic carbocycles. The second-order valence-corrected chi connectivity index (χ2v) is 6.00. The van der Waals surface area contributed by atoms with Gasteiger partial charge in [0.05, 0.1) is 15.2 Å². The molecule has 1 saturated carbocycles. The molecule has 1 fully saturated rings. The first-order valence-corrected chi connectivity index (χ1v) is 7.54. The summed E-state index contributed by atoms with van der Waals surface area (Å²) in [5, 5.41) is 14.6. The maximum Gasteiger partial charge on any atom is 0.319 e. The van der Waals surface area contributed by atoms with Crippen LogP contribution in [-0.2, 0) is 4.79 Å². The van der Waals surface area contributed by atoms with Gasteiger partial charge in [0, 0.05) is 18.4 Å². The average Bonchev–Trinajstić information content (AvgIpc) is 2.42. The average molecular weight is 389 g/mol. The number of carbonyl (C=O) groups is 2. The van der Waals surface area contributed by atoms with Crippen LogP contribution in [0.3, 0.4) is 0 Å². The lowest BCUT2D eigenvalue weighted by Gasteiger charge is -2.26. The van der Waals surface area contributed by atoms with E-state index < -0.39 is 5.97 Å². The number of nitrogens with one attached hydrogen (secondary N) is 2. The van der Waals surface area contributed by atoms with Crippen LogP contribution in [0.1, 0.15) is 25.7 Å². The van der Waals surface area contributed by atoms with Crippen molar-refractivity contribution in [2.24, 2.45) is 5.92 Å². The first-order chi connectivity index (χ1) is 9.56. The standard InChI is InChI=1S/C13H16IN3O3/c14-10-7-15-6-5-11(10)17-13(20)16-9-3-1-8(2-4-9)12(18)19/h5-9H,1-4H2,(H,18,19)(H2,15,16,17,20). The molecule has 0 radical (unpaired) electrons. The molecule has 1 heterocycles. The molecule has 6 nitrogen and oxygen atoms in total. The van der Waals surface area contributed by atoms with Gasteiger partial charge in [-0.15, -0.1) is 0 Å². The predicted octanol–water partition coefficient (Wildman–Crippen LogP) is 2.45. The number of anilines is 1. The lowest BCUT2D eigenvalue weighted by Crippen LogP contribution is -2.41. The lowest BCUT2D eigenvalue weighted by atomic mass is 9.86. The number of urea groups is 1. The van der Waals surface area contributed by atoms with Gasteiger partial charge in [0.1, 0.15) is 0 Å². The van der Waals surface area contributed by atoms with Crippen molar-refractivity contribution in [3.8, 4) is 0 Å². The summed E-state index contributed by atoms with van der Waals surface area (Å²) in [5.41, 5.74) is 0.720. The van der Waals surface area contributed by atoms with E-state index in [4.69, 9.17) is 5.11 Å². The summed E-state index contributed by atoms with van der Waals surface area (Å²) in [4.78, 5) is 26.7. The Labute approximate surface area is 130 Å². The third-order valence-electron chi connectivity index (χ3n) is 3.43. The second-order valence-electron chi connectivity index (χ2n) is 4.84. The fourth-order valence-corrected chi connectivity index (χ4v) is 2.78. The van der Waals surface area contributed by atoms with E-state index in [0.717, 1.165) is 9.26 Å². The van der Waals surface area contributed by atoms with Gasteiger partial charge < -0.3 is 15.7 Å². The minimum absolute atomic E-state index is 0.0464. The topological polar surface area (TPSA) is 91.3 Å². The minimum Gasteiger partial charge on any atom is -0.481 e. The van der Waals surface area contributed by atoms with Gasteiger partial charge in [0.2, 0.25) is 0 Å². The molecule has 1 aliphatic rings. The third-order valence-corrected chi connectivity index (χ3v) is 4.29. The molecule has 0 unspecified atom stereocenters. The van der Waals surface area contributed by atoms with E-state index in [9.17, 15) is 9.59 Å². The monoisotopic (exact) mass is 389 g/mol. The summed E-state index contributed by atoms with van der Waals surface area (Å²) in [6, 6.07) is 1.53. The molecule has 0 bridgehead atoms. The van der Waals surface area contributed by atoms with E-state index in [1.807, 2.05) is 0 Å². The maximum atomic E-state index is 11.9. The van der Waals surface area contributed by atoms with Crippen molar-refractivity contribution in [1.29, 1.82) is 0 Å². The molecular weight excluding hydrogens is 373 g/mol. The van der Waals surface area contributed by atoms with Crippen LogP contribution in [0.5, 0.6) is 0 Å². The summed E-state index contributed by atoms with van der Waals surface area (Å²) < 4.78 is 0.870. The molecular formula is C13H16IN3O3. The van der Waals surface area contributed by atoms with Gasteiger partial charge in [-0.05, 0) is 54.3 Å². The normalized spacial score (nSPS) is 22.1. The molecule has 7 heteroatoms. The fourth-order valence-electron chi connectivity index (χ4n) is 2.31. The maximum absolute atomic E-state index is 11.9. The highest BCUT2D eigenvalue weighted by atomic mass is 127. The van der Waals surface area contributed by atoms with Gasteiger partial charge in [-0.2, -0.15) is 0 Å². The number of pyridine rings is 1. The van der Waals surface area contributed by atoms with Crippen LogP contribution >= 0.6 is 22.6 Å². The summed E-state index contributed by atoms with van der Waals surface area (Å²) in [6.45, 7) is 0. The minimum atomic E-state index is -0.737. The predicted molar refractivity (Wildman–Crippen MR) is 82.5 cm³/mol. The number of amides is 2. The zero-order valence-electron chi connectivity index (χ0n) is 10.8. The van der Waals surface area contributed by atoms with Gasteiger partial charge in [-0.3, -0.25) is 9.78 Å². The van der Waals surface area contributed by atoms with Gasteiger partial charge in [0.25, 0.3) is 0 Å². The molecule has 2 amide bonds. The van der Waals surface area contributed by atoms with E-state index >= 15 is 0 Å². The summed E-state index contributed by atoms with van der Waals surface area (Å²) in [5.74, 6) is -1.00. The first kappa shape index (κ1) is 15.0. The number of nitrogens with zero attached hydrogens (tertiary/aromatic N) is 1. The van der Waals surface area contributed by atoms with Crippen LogP contribution in [-0.4, -0.2) is 28.1 Å². The highest BCUT2D eigenvalue weighted by Crippen LogP contribution is 2.24. The molecule has 1 aliphatic carbocycles. The van der Waals surface area contributed by atoms with Crippen molar-refractivity contribution in [1.82, 2.24) is 10.3 Å². The molecule has 3 N–H and O–H groups in total. The Morgan fingerprint density at radius 3 is 2.60 bits per heavy atom. The third kappa shape index (κ3) is 4.06. The van der Waals surface area contributed by atoms with Crippen LogP contribution < -0.4 is 10.6 Å². The molecule has 0 spiro atoms. The van der Waals surface area contributed by atoms with Crippen molar-refractivity contribution >= 4 is 40.3 Å². The summed E-state index contributed by atoms with van der Waals surface area (Å²) in [6.07, 6.45) is 5.94. The molecule has 0 atom stereocenters. The molecule has 0 saturated heterocycles. The largest absolute Gasteiger partial charge is 0.481 e. The van der Waals surface area contributed by atoms with Crippen LogP contribution in [0.15, 0.2) is 18.5 Å². The Kier molecular flexibility index (Phi) is 5.16. The van der Waals surface area contributed by atoms with E-state index in [2.05, 4.69) is 38.2 Å². The zero-order valence-corrected chi connectivity index (χ0v) is 13.0. The smallest absolute Gasteiger partial charge is 0.319 e. The van der Waals surface area contributed by atoms with Crippen LogP contribution in [0.25, 0.3) is 0 Å². The Morgan fingerprint density at radius 1 is 1.30 bits per heavy atom. The molecule has 1 aromatic heterocycles. The van der Waals surface area contributed by atoms with Crippen molar-refractivity contribution in [2.45, 2.75) is 31.7 Å². The molecule has 2 rings (SSSR count). The number of carboxylic acids is 1. The van der Waals surface area contributed by atoms with Gasteiger partial charge in [-0.1, -0.05) is 0 Å². The zero-order chi connectivity index (χ0) is 14.5. The highest BCUT2D eigenvalue weighted by Gasteiger charge is 2.26. The van der Waals surface area contributed by atoms with E-state index in [1.165, 1.54) is 0 Å². The lowest BCUT2D eigenvalue weighted by molar-refractivity contribution is -0.142. The van der Waals surface area contributed by atoms with Crippen LogP contribution in [0.2, 0.25) is 0 Å². The summed E-state index contributed by atoms with van der Waals surface area (Å²) >= 11 is 2.10. The number of carboxylic acid groups (broad SMARTS) is 1. The number of carbonyl (C=O) groups excluding carboxylic acids is 1. The number of hydrogen-bond donors (Lipinski definition) is 3. The van der Waals surface area contributed by atoms with Gasteiger partial charge >= 0.3 is 12.0 Å². The molecule has 20 heavy (non-hydrogen) atoms. The van der Waals surface area contributed by atoms with Crippen molar-refractivity contribution < 1.29 is 14.7 Å².